The Morgan fingerprint density at radius 3 is 2.30 bits per heavy atom. The summed E-state index contributed by atoms with van der Waals surface area (Å²) in [4.78, 5) is 0. The molecule has 0 amide bonds. The molecule has 1 N–H and O–H groups in total. The fourth-order valence-electron chi connectivity index (χ4n) is 2.13. The second-order valence-corrected chi connectivity index (χ2v) is 4.40. The Balaban J connectivity index is 2.10. The molecule has 4 heteroatoms. The molecular formula is C16H14O4. The van der Waals surface area contributed by atoms with Gasteiger partial charge in [0.2, 0.25) is 0 Å². The van der Waals surface area contributed by atoms with Crippen LogP contribution in [0.25, 0.3) is 22.3 Å². The second kappa shape index (κ2) is 4.81. The highest BCUT2D eigenvalue weighted by atomic mass is 16.5. The fraction of sp³-hybridized carbons (Fsp3) is 0.125. The molecule has 0 atom stereocenters. The molecule has 2 aromatic carbocycles. The van der Waals surface area contributed by atoms with Crippen LogP contribution in [0.3, 0.4) is 0 Å². The number of aromatic hydroxyl groups is 1. The summed E-state index contributed by atoms with van der Waals surface area (Å²) in [5.74, 6) is 2.09. The van der Waals surface area contributed by atoms with E-state index in [0.29, 0.717) is 17.1 Å². The van der Waals surface area contributed by atoms with Crippen molar-refractivity contribution in [2.45, 2.75) is 0 Å². The number of methoxy groups -OCH3 is 2. The topological polar surface area (TPSA) is 51.8 Å². The van der Waals surface area contributed by atoms with Gasteiger partial charge in [0.1, 0.15) is 28.6 Å². The number of hydrogen-bond acceptors (Lipinski definition) is 4. The standard InChI is InChI=1S/C16H14O4/c1-18-11-4-6-15-10(7-11)8-16(20-15)13-5-3-12(19-2)9-14(13)17/h3-9,17H,1-2H3. The molecule has 0 aliphatic rings. The number of rotatable bonds is 3. The molecule has 0 radical (unpaired) electrons. The summed E-state index contributed by atoms with van der Waals surface area (Å²) in [5, 5.41) is 11.0. The number of ether oxygens (including phenoxy) is 2. The zero-order valence-electron chi connectivity index (χ0n) is 11.2. The van der Waals surface area contributed by atoms with Crippen molar-refractivity contribution in [3.63, 3.8) is 0 Å². The van der Waals surface area contributed by atoms with Crippen molar-refractivity contribution in [2.75, 3.05) is 14.2 Å². The zero-order valence-corrected chi connectivity index (χ0v) is 11.2. The van der Waals surface area contributed by atoms with Crippen LogP contribution < -0.4 is 9.47 Å². The van der Waals surface area contributed by atoms with Crippen molar-refractivity contribution in [3.05, 3.63) is 42.5 Å². The van der Waals surface area contributed by atoms with Crippen LogP contribution in [0.1, 0.15) is 0 Å². The van der Waals surface area contributed by atoms with Gasteiger partial charge in [-0.25, -0.2) is 0 Å². The monoisotopic (exact) mass is 270 g/mol. The summed E-state index contributed by atoms with van der Waals surface area (Å²) in [5.41, 5.74) is 1.37. The molecule has 3 aromatic rings. The Morgan fingerprint density at radius 2 is 1.60 bits per heavy atom. The third kappa shape index (κ3) is 2.05. The molecule has 0 spiro atoms. The van der Waals surface area contributed by atoms with Gasteiger partial charge in [0.15, 0.2) is 0 Å². The van der Waals surface area contributed by atoms with Gasteiger partial charge >= 0.3 is 0 Å². The molecule has 4 nitrogen and oxygen atoms in total. The summed E-state index contributed by atoms with van der Waals surface area (Å²) < 4.78 is 16.0. The lowest BCUT2D eigenvalue weighted by Gasteiger charge is -2.04. The Morgan fingerprint density at radius 1 is 0.900 bits per heavy atom. The number of phenols is 1. The fourth-order valence-corrected chi connectivity index (χ4v) is 2.13. The molecule has 0 bridgehead atoms. The van der Waals surface area contributed by atoms with E-state index in [1.807, 2.05) is 24.3 Å². The van der Waals surface area contributed by atoms with Gasteiger partial charge in [0, 0.05) is 11.5 Å². The summed E-state index contributed by atoms with van der Waals surface area (Å²) in [6, 6.07) is 12.6. The summed E-state index contributed by atoms with van der Waals surface area (Å²) >= 11 is 0. The maximum Gasteiger partial charge on any atom is 0.139 e. The van der Waals surface area contributed by atoms with Gasteiger partial charge in [0.25, 0.3) is 0 Å². The van der Waals surface area contributed by atoms with Crippen LogP contribution in [-0.4, -0.2) is 19.3 Å². The lowest BCUT2D eigenvalue weighted by atomic mass is 10.1. The molecule has 3 rings (SSSR count). The molecule has 0 saturated heterocycles. The Bertz CT molecular complexity index is 758. The van der Waals surface area contributed by atoms with E-state index in [-0.39, 0.29) is 5.75 Å². The minimum Gasteiger partial charge on any atom is -0.507 e. The molecule has 0 fully saturated rings. The van der Waals surface area contributed by atoms with Gasteiger partial charge in [-0.15, -0.1) is 0 Å². The van der Waals surface area contributed by atoms with Gasteiger partial charge < -0.3 is 19.0 Å². The van der Waals surface area contributed by atoms with Gasteiger partial charge in [-0.1, -0.05) is 0 Å². The first-order valence-electron chi connectivity index (χ1n) is 6.16. The summed E-state index contributed by atoms with van der Waals surface area (Å²) in [6.07, 6.45) is 0. The molecular weight excluding hydrogens is 256 g/mol. The first kappa shape index (κ1) is 12.4. The highest BCUT2D eigenvalue weighted by Gasteiger charge is 2.11. The molecule has 0 aliphatic heterocycles. The highest BCUT2D eigenvalue weighted by Crippen LogP contribution is 2.36. The van der Waals surface area contributed by atoms with Crippen molar-refractivity contribution in [2.24, 2.45) is 0 Å². The second-order valence-electron chi connectivity index (χ2n) is 4.40. The number of benzene rings is 2. The third-order valence-electron chi connectivity index (χ3n) is 3.19. The lowest BCUT2D eigenvalue weighted by molar-refractivity contribution is 0.408. The third-order valence-corrected chi connectivity index (χ3v) is 3.19. The highest BCUT2D eigenvalue weighted by molar-refractivity contribution is 5.85. The minimum absolute atomic E-state index is 0.121. The van der Waals surface area contributed by atoms with Crippen LogP contribution >= 0.6 is 0 Å². The Labute approximate surface area is 116 Å². The van der Waals surface area contributed by atoms with Crippen LogP contribution in [-0.2, 0) is 0 Å². The van der Waals surface area contributed by atoms with Crippen molar-refractivity contribution in [3.8, 4) is 28.6 Å². The van der Waals surface area contributed by atoms with Crippen molar-refractivity contribution in [1.82, 2.24) is 0 Å². The van der Waals surface area contributed by atoms with Crippen LogP contribution in [0.15, 0.2) is 46.9 Å². The number of furan rings is 1. The first-order chi connectivity index (χ1) is 9.71. The molecule has 0 aliphatic carbocycles. The van der Waals surface area contributed by atoms with E-state index in [9.17, 15) is 5.11 Å². The van der Waals surface area contributed by atoms with Crippen molar-refractivity contribution in [1.29, 1.82) is 0 Å². The first-order valence-corrected chi connectivity index (χ1v) is 6.16. The summed E-state index contributed by atoms with van der Waals surface area (Å²) in [7, 11) is 3.18. The Hall–Kier alpha value is -2.62. The van der Waals surface area contributed by atoms with E-state index in [4.69, 9.17) is 13.9 Å². The van der Waals surface area contributed by atoms with E-state index >= 15 is 0 Å². The van der Waals surface area contributed by atoms with Gasteiger partial charge in [-0.2, -0.15) is 0 Å². The molecule has 20 heavy (non-hydrogen) atoms. The predicted octanol–water partition coefficient (Wildman–Crippen LogP) is 3.82. The largest absolute Gasteiger partial charge is 0.507 e. The maximum atomic E-state index is 10.0. The maximum absolute atomic E-state index is 10.0. The molecule has 1 heterocycles. The summed E-state index contributed by atoms with van der Waals surface area (Å²) in [6.45, 7) is 0. The van der Waals surface area contributed by atoms with Crippen LogP contribution in [0.5, 0.6) is 17.2 Å². The molecule has 0 saturated carbocycles. The number of hydrogen-bond donors (Lipinski definition) is 1. The predicted molar refractivity (Wildman–Crippen MR) is 76.4 cm³/mol. The van der Waals surface area contributed by atoms with E-state index in [1.54, 1.807) is 32.4 Å². The van der Waals surface area contributed by atoms with Gasteiger partial charge in [0.05, 0.1) is 19.8 Å². The van der Waals surface area contributed by atoms with E-state index in [2.05, 4.69) is 0 Å². The SMILES string of the molecule is COc1ccc(-c2cc3cc(OC)ccc3o2)c(O)c1. The minimum atomic E-state index is 0.121. The van der Waals surface area contributed by atoms with Crippen LogP contribution in [0.4, 0.5) is 0 Å². The average molecular weight is 270 g/mol. The van der Waals surface area contributed by atoms with Crippen LogP contribution in [0, 0.1) is 0 Å². The van der Waals surface area contributed by atoms with Gasteiger partial charge in [-0.05, 0) is 36.4 Å². The lowest BCUT2D eigenvalue weighted by Crippen LogP contribution is -1.83. The molecule has 1 aromatic heterocycles. The van der Waals surface area contributed by atoms with Crippen LogP contribution in [0.2, 0.25) is 0 Å². The number of phenolic OH excluding ortho intramolecular Hbond substituents is 1. The van der Waals surface area contributed by atoms with Crippen molar-refractivity contribution >= 4 is 11.0 Å². The van der Waals surface area contributed by atoms with E-state index in [0.717, 1.165) is 16.7 Å². The average Bonchev–Trinajstić information content (AvgIpc) is 2.89. The van der Waals surface area contributed by atoms with Crippen molar-refractivity contribution < 1.29 is 19.0 Å². The smallest absolute Gasteiger partial charge is 0.139 e. The zero-order chi connectivity index (χ0) is 14.1. The Kier molecular flexibility index (Phi) is 2.99. The molecule has 102 valence electrons. The quantitative estimate of drug-likeness (QED) is 0.786. The van der Waals surface area contributed by atoms with E-state index < -0.39 is 0 Å². The van der Waals surface area contributed by atoms with E-state index in [1.165, 1.54) is 0 Å². The normalized spacial score (nSPS) is 10.7. The molecule has 0 unspecified atom stereocenters. The van der Waals surface area contributed by atoms with Gasteiger partial charge in [-0.3, -0.25) is 0 Å². The number of fused-ring (bicyclic) bond motifs is 1.